The van der Waals surface area contributed by atoms with Crippen LogP contribution in [0.5, 0.6) is 0 Å². The van der Waals surface area contributed by atoms with Gasteiger partial charge in [0.1, 0.15) is 17.2 Å². The molecule has 2 aromatic heterocycles. The van der Waals surface area contributed by atoms with Gasteiger partial charge in [0.25, 0.3) is 0 Å². The van der Waals surface area contributed by atoms with E-state index in [9.17, 15) is 9.18 Å². The third kappa shape index (κ3) is 4.08. The number of anilines is 1. The Morgan fingerprint density at radius 1 is 1.03 bits per heavy atom. The van der Waals surface area contributed by atoms with Gasteiger partial charge in [0.2, 0.25) is 0 Å². The molecular weight excluding hydrogens is 385 g/mol. The fraction of sp³-hybridized carbons (Fsp3) is 0.409. The average Bonchev–Trinajstić information content (AvgIpc) is 3.03. The SMILES string of the molecule is Cc1c(-c2ccc(F)cc2)nc2ccc(N3CCN(C(=O)OC(C)(C)C)CC3)nn12. The van der Waals surface area contributed by atoms with E-state index in [1.807, 2.05) is 44.3 Å². The lowest BCUT2D eigenvalue weighted by molar-refractivity contribution is 0.0240. The number of rotatable bonds is 2. The van der Waals surface area contributed by atoms with Crippen molar-refractivity contribution in [2.45, 2.75) is 33.3 Å². The molecule has 0 atom stereocenters. The highest BCUT2D eigenvalue weighted by Gasteiger charge is 2.26. The Bertz CT molecular complexity index is 1060. The van der Waals surface area contributed by atoms with Crippen molar-refractivity contribution in [3.05, 3.63) is 47.9 Å². The van der Waals surface area contributed by atoms with Gasteiger partial charge in [0.05, 0.1) is 11.4 Å². The molecule has 0 N–H and O–H groups in total. The van der Waals surface area contributed by atoms with Gasteiger partial charge in [0.15, 0.2) is 5.65 Å². The number of amides is 1. The zero-order valence-corrected chi connectivity index (χ0v) is 17.7. The molecule has 1 aliphatic heterocycles. The smallest absolute Gasteiger partial charge is 0.410 e. The molecule has 158 valence electrons. The first-order chi connectivity index (χ1) is 14.2. The third-order valence-corrected chi connectivity index (χ3v) is 5.06. The van der Waals surface area contributed by atoms with Crippen molar-refractivity contribution in [1.29, 1.82) is 0 Å². The van der Waals surface area contributed by atoms with Gasteiger partial charge < -0.3 is 14.5 Å². The molecule has 0 saturated carbocycles. The van der Waals surface area contributed by atoms with Crippen LogP contribution in [0.15, 0.2) is 36.4 Å². The van der Waals surface area contributed by atoms with Crippen molar-refractivity contribution in [3.8, 4) is 11.3 Å². The Morgan fingerprint density at radius 2 is 1.70 bits per heavy atom. The molecular formula is C22H26FN5O2. The maximum Gasteiger partial charge on any atom is 0.410 e. The van der Waals surface area contributed by atoms with E-state index in [-0.39, 0.29) is 11.9 Å². The zero-order chi connectivity index (χ0) is 21.5. The summed E-state index contributed by atoms with van der Waals surface area (Å²) >= 11 is 0. The van der Waals surface area contributed by atoms with Crippen LogP contribution in [0.2, 0.25) is 0 Å². The van der Waals surface area contributed by atoms with Crippen molar-refractivity contribution >= 4 is 17.6 Å². The fourth-order valence-electron chi connectivity index (χ4n) is 3.53. The van der Waals surface area contributed by atoms with Crippen LogP contribution in [0.1, 0.15) is 26.5 Å². The summed E-state index contributed by atoms with van der Waals surface area (Å²) in [5.74, 6) is 0.559. The molecule has 0 radical (unpaired) electrons. The van der Waals surface area contributed by atoms with E-state index in [1.54, 1.807) is 17.0 Å². The van der Waals surface area contributed by atoms with Crippen molar-refractivity contribution in [2.75, 3.05) is 31.1 Å². The molecule has 1 saturated heterocycles. The van der Waals surface area contributed by atoms with Gasteiger partial charge in [-0.25, -0.2) is 18.7 Å². The Hall–Kier alpha value is -3.16. The Labute approximate surface area is 175 Å². The van der Waals surface area contributed by atoms with Crippen LogP contribution < -0.4 is 4.90 Å². The first-order valence-corrected chi connectivity index (χ1v) is 10.1. The maximum atomic E-state index is 13.2. The summed E-state index contributed by atoms with van der Waals surface area (Å²) in [4.78, 5) is 20.8. The summed E-state index contributed by atoms with van der Waals surface area (Å²) in [5.41, 5.74) is 2.78. The first kappa shape index (κ1) is 20.1. The van der Waals surface area contributed by atoms with E-state index >= 15 is 0 Å². The molecule has 8 heteroatoms. The van der Waals surface area contributed by atoms with E-state index in [1.165, 1.54) is 12.1 Å². The van der Waals surface area contributed by atoms with Gasteiger partial charge in [-0.15, -0.1) is 5.10 Å². The van der Waals surface area contributed by atoms with E-state index in [0.717, 1.165) is 28.4 Å². The lowest BCUT2D eigenvalue weighted by Gasteiger charge is -2.36. The summed E-state index contributed by atoms with van der Waals surface area (Å²) in [5, 5.41) is 4.76. The number of aryl methyl sites for hydroxylation is 1. The number of carbonyl (C=O) groups is 1. The van der Waals surface area contributed by atoms with Gasteiger partial charge >= 0.3 is 6.09 Å². The van der Waals surface area contributed by atoms with Crippen LogP contribution in [0.4, 0.5) is 15.0 Å². The summed E-state index contributed by atoms with van der Waals surface area (Å²) in [6.07, 6.45) is -0.278. The van der Waals surface area contributed by atoms with E-state index in [4.69, 9.17) is 9.84 Å². The minimum Gasteiger partial charge on any atom is -0.444 e. The lowest BCUT2D eigenvalue weighted by Crippen LogP contribution is -2.50. The van der Waals surface area contributed by atoms with Crippen molar-refractivity contribution in [1.82, 2.24) is 19.5 Å². The second-order valence-corrected chi connectivity index (χ2v) is 8.47. The number of piperazine rings is 1. The summed E-state index contributed by atoms with van der Waals surface area (Å²) in [6, 6.07) is 10.2. The second-order valence-electron chi connectivity index (χ2n) is 8.47. The van der Waals surface area contributed by atoms with Crippen molar-refractivity contribution < 1.29 is 13.9 Å². The topological polar surface area (TPSA) is 63.0 Å². The summed E-state index contributed by atoms with van der Waals surface area (Å²) < 4.78 is 20.5. The highest BCUT2D eigenvalue weighted by Crippen LogP contribution is 2.25. The molecule has 3 aromatic rings. The van der Waals surface area contributed by atoms with Crippen LogP contribution >= 0.6 is 0 Å². The summed E-state index contributed by atoms with van der Waals surface area (Å²) in [7, 11) is 0. The lowest BCUT2D eigenvalue weighted by atomic mass is 10.1. The van der Waals surface area contributed by atoms with E-state index in [0.29, 0.717) is 26.2 Å². The molecule has 1 aliphatic rings. The third-order valence-electron chi connectivity index (χ3n) is 5.06. The minimum atomic E-state index is -0.498. The molecule has 7 nitrogen and oxygen atoms in total. The standard InChI is InChI=1S/C22H26FN5O2/c1-15-20(16-5-7-17(23)8-6-16)24-18-9-10-19(25-28(15)18)26-11-13-27(14-12-26)21(29)30-22(2,3)4/h5-10H,11-14H2,1-4H3. The molecule has 0 bridgehead atoms. The first-order valence-electron chi connectivity index (χ1n) is 10.1. The number of halogens is 1. The molecule has 30 heavy (non-hydrogen) atoms. The number of carbonyl (C=O) groups excluding carboxylic acids is 1. The maximum absolute atomic E-state index is 13.2. The fourth-order valence-corrected chi connectivity index (χ4v) is 3.53. The molecule has 1 fully saturated rings. The molecule has 4 rings (SSSR count). The monoisotopic (exact) mass is 411 g/mol. The van der Waals surface area contributed by atoms with Gasteiger partial charge in [-0.2, -0.15) is 0 Å². The number of hydrogen-bond donors (Lipinski definition) is 0. The van der Waals surface area contributed by atoms with Crippen LogP contribution in [0, 0.1) is 12.7 Å². The van der Waals surface area contributed by atoms with E-state index in [2.05, 4.69) is 9.88 Å². The van der Waals surface area contributed by atoms with Crippen LogP contribution in [-0.2, 0) is 4.74 Å². The molecule has 0 spiro atoms. The van der Waals surface area contributed by atoms with Crippen LogP contribution in [-0.4, -0.2) is 57.4 Å². The number of nitrogens with zero attached hydrogens (tertiary/aromatic N) is 5. The minimum absolute atomic E-state index is 0.272. The molecule has 0 aliphatic carbocycles. The average molecular weight is 411 g/mol. The van der Waals surface area contributed by atoms with Gasteiger partial charge in [-0.05, 0) is 64.1 Å². The Kier molecular flexibility index (Phi) is 5.09. The predicted octanol–water partition coefficient (Wildman–Crippen LogP) is 3.90. The largest absolute Gasteiger partial charge is 0.444 e. The highest BCUT2D eigenvalue weighted by atomic mass is 19.1. The van der Waals surface area contributed by atoms with Crippen LogP contribution in [0.3, 0.4) is 0 Å². The number of aromatic nitrogens is 3. The molecule has 0 unspecified atom stereocenters. The Morgan fingerprint density at radius 3 is 2.33 bits per heavy atom. The second kappa shape index (κ2) is 7.59. The van der Waals surface area contributed by atoms with Gasteiger partial charge in [-0.1, -0.05) is 0 Å². The number of imidazole rings is 1. The number of ether oxygens (including phenoxy) is 1. The van der Waals surface area contributed by atoms with E-state index < -0.39 is 5.60 Å². The molecule has 1 aromatic carbocycles. The molecule has 1 amide bonds. The highest BCUT2D eigenvalue weighted by molar-refractivity contribution is 5.69. The normalized spacial score (nSPS) is 15.0. The predicted molar refractivity (Wildman–Crippen MR) is 113 cm³/mol. The number of benzene rings is 1. The quantitative estimate of drug-likeness (QED) is 0.640. The zero-order valence-electron chi connectivity index (χ0n) is 17.7. The number of fused-ring (bicyclic) bond motifs is 1. The van der Waals surface area contributed by atoms with Gasteiger partial charge in [0, 0.05) is 31.7 Å². The number of hydrogen-bond acceptors (Lipinski definition) is 5. The van der Waals surface area contributed by atoms with Crippen molar-refractivity contribution in [2.24, 2.45) is 0 Å². The van der Waals surface area contributed by atoms with Gasteiger partial charge in [-0.3, -0.25) is 0 Å². The Balaban J connectivity index is 1.51. The van der Waals surface area contributed by atoms with Crippen LogP contribution in [0.25, 0.3) is 16.9 Å². The molecule has 3 heterocycles. The van der Waals surface area contributed by atoms with Crippen molar-refractivity contribution in [3.63, 3.8) is 0 Å². The summed E-state index contributed by atoms with van der Waals surface area (Å²) in [6.45, 7) is 10.1.